The van der Waals surface area contributed by atoms with Crippen molar-refractivity contribution < 1.29 is 24.2 Å². The van der Waals surface area contributed by atoms with Gasteiger partial charge in [0.25, 0.3) is 0 Å². The molecule has 7 heteroatoms. The molecule has 1 aliphatic rings. The number of carboxylic acids is 1. The summed E-state index contributed by atoms with van der Waals surface area (Å²) in [6.45, 7) is 6.68. The first-order chi connectivity index (χ1) is 10.3. The van der Waals surface area contributed by atoms with Crippen LogP contribution >= 0.6 is 0 Å². The topological polar surface area (TPSA) is 95.9 Å². The molecule has 0 aromatic rings. The molecular weight excluding hydrogens is 288 g/mol. The van der Waals surface area contributed by atoms with Crippen molar-refractivity contribution >= 4 is 18.0 Å². The quantitative estimate of drug-likeness (QED) is 0.572. The largest absolute Gasteiger partial charge is 0.481 e. The molecule has 2 unspecified atom stereocenters. The SMILES string of the molecule is CC1CC(C(=O)O)CN(C(=O)NCCCC(=O)OC(C)C)C1. The van der Waals surface area contributed by atoms with E-state index >= 15 is 0 Å². The molecule has 1 saturated heterocycles. The van der Waals surface area contributed by atoms with Crippen LogP contribution in [0.2, 0.25) is 0 Å². The summed E-state index contributed by atoms with van der Waals surface area (Å²) in [7, 11) is 0. The molecule has 1 aliphatic heterocycles. The predicted molar refractivity (Wildman–Crippen MR) is 80.3 cm³/mol. The first-order valence-electron chi connectivity index (χ1n) is 7.74. The number of rotatable bonds is 6. The van der Waals surface area contributed by atoms with Crippen molar-refractivity contribution in [3.8, 4) is 0 Å². The number of nitrogens with one attached hydrogen (secondary N) is 1. The van der Waals surface area contributed by atoms with E-state index in [-0.39, 0.29) is 37.0 Å². The molecule has 0 saturated carbocycles. The van der Waals surface area contributed by atoms with Gasteiger partial charge in [-0.1, -0.05) is 6.92 Å². The van der Waals surface area contributed by atoms with Crippen molar-refractivity contribution in [2.75, 3.05) is 19.6 Å². The Morgan fingerprint density at radius 3 is 2.59 bits per heavy atom. The van der Waals surface area contributed by atoms with Crippen molar-refractivity contribution in [2.45, 2.75) is 46.1 Å². The molecule has 2 amide bonds. The lowest BCUT2D eigenvalue weighted by molar-refractivity contribution is -0.147. The normalized spacial score (nSPS) is 21.5. The van der Waals surface area contributed by atoms with Crippen LogP contribution in [-0.2, 0) is 14.3 Å². The number of urea groups is 1. The summed E-state index contributed by atoms with van der Waals surface area (Å²) in [6.07, 6.45) is 1.22. The molecular formula is C15H26N2O5. The number of amides is 2. The van der Waals surface area contributed by atoms with E-state index in [2.05, 4.69) is 5.32 Å². The van der Waals surface area contributed by atoms with Gasteiger partial charge in [-0.2, -0.15) is 0 Å². The third kappa shape index (κ3) is 6.32. The number of hydrogen-bond donors (Lipinski definition) is 2. The summed E-state index contributed by atoms with van der Waals surface area (Å²) in [6, 6.07) is -0.268. The van der Waals surface area contributed by atoms with Gasteiger partial charge in [0.05, 0.1) is 12.0 Å². The van der Waals surface area contributed by atoms with Crippen LogP contribution in [0.15, 0.2) is 0 Å². The summed E-state index contributed by atoms with van der Waals surface area (Å²) in [5, 5.41) is 11.8. The average Bonchev–Trinajstić information content (AvgIpc) is 2.41. The van der Waals surface area contributed by atoms with E-state index in [4.69, 9.17) is 9.84 Å². The number of likely N-dealkylation sites (tertiary alicyclic amines) is 1. The van der Waals surface area contributed by atoms with Gasteiger partial charge < -0.3 is 20.1 Å². The summed E-state index contributed by atoms with van der Waals surface area (Å²) in [5.74, 6) is -1.47. The van der Waals surface area contributed by atoms with Crippen molar-refractivity contribution in [3.05, 3.63) is 0 Å². The average molecular weight is 314 g/mol. The number of nitrogens with zero attached hydrogens (tertiary/aromatic N) is 1. The Balaban J connectivity index is 2.30. The second kappa shape index (κ2) is 8.60. The molecule has 0 radical (unpaired) electrons. The Kier molecular flexibility index (Phi) is 7.14. The monoisotopic (exact) mass is 314 g/mol. The van der Waals surface area contributed by atoms with E-state index in [0.29, 0.717) is 25.9 Å². The minimum absolute atomic E-state index is 0.134. The minimum atomic E-state index is -0.860. The van der Waals surface area contributed by atoms with Crippen LogP contribution in [0.5, 0.6) is 0 Å². The number of carboxylic acid groups (broad SMARTS) is 1. The molecule has 0 spiro atoms. The molecule has 0 aromatic heterocycles. The van der Waals surface area contributed by atoms with Crippen molar-refractivity contribution in [3.63, 3.8) is 0 Å². The highest BCUT2D eigenvalue weighted by atomic mass is 16.5. The van der Waals surface area contributed by atoms with E-state index in [1.165, 1.54) is 0 Å². The van der Waals surface area contributed by atoms with Crippen molar-refractivity contribution in [2.24, 2.45) is 11.8 Å². The zero-order valence-electron chi connectivity index (χ0n) is 13.5. The van der Waals surface area contributed by atoms with Gasteiger partial charge in [0.15, 0.2) is 0 Å². The molecule has 1 fully saturated rings. The molecule has 126 valence electrons. The third-order valence-electron chi connectivity index (χ3n) is 3.50. The maximum Gasteiger partial charge on any atom is 0.317 e. The summed E-state index contributed by atoms with van der Waals surface area (Å²) in [5.41, 5.74) is 0. The molecule has 0 aromatic carbocycles. The fourth-order valence-corrected chi connectivity index (χ4v) is 2.56. The van der Waals surface area contributed by atoms with E-state index < -0.39 is 11.9 Å². The van der Waals surface area contributed by atoms with Crippen LogP contribution in [0.4, 0.5) is 4.79 Å². The van der Waals surface area contributed by atoms with Crippen LogP contribution in [0.1, 0.15) is 40.0 Å². The van der Waals surface area contributed by atoms with E-state index in [1.807, 2.05) is 6.92 Å². The summed E-state index contributed by atoms with van der Waals surface area (Å²) in [4.78, 5) is 36.0. The highest BCUT2D eigenvalue weighted by Gasteiger charge is 2.31. The van der Waals surface area contributed by atoms with E-state index in [9.17, 15) is 14.4 Å². The number of ether oxygens (including phenoxy) is 1. The van der Waals surface area contributed by atoms with Crippen LogP contribution in [-0.4, -0.2) is 53.7 Å². The lowest BCUT2D eigenvalue weighted by Gasteiger charge is -2.34. The fraction of sp³-hybridized carbons (Fsp3) is 0.800. The van der Waals surface area contributed by atoms with E-state index in [1.54, 1.807) is 18.7 Å². The van der Waals surface area contributed by atoms with Crippen molar-refractivity contribution in [1.29, 1.82) is 0 Å². The molecule has 7 nitrogen and oxygen atoms in total. The van der Waals surface area contributed by atoms with Gasteiger partial charge in [-0.3, -0.25) is 9.59 Å². The lowest BCUT2D eigenvalue weighted by atomic mass is 9.91. The maximum atomic E-state index is 12.0. The van der Waals surface area contributed by atoms with Crippen LogP contribution in [0.3, 0.4) is 0 Å². The molecule has 1 rings (SSSR count). The van der Waals surface area contributed by atoms with Crippen LogP contribution < -0.4 is 5.32 Å². The Labute approximate surface area is 131 Å². The highest BCUT2D eigenvalue weighted by molar-refractivity contribution is 5.76. The maximum absolute atomic E-state index is 12.0. The molecule has 1 heterocycles. The predicted octanol–water partition coefficient (Wildman–Crippen LogP) is 1.47. The number of esters is 1. The minimum Gasteiger partial charge on any atom is -0.481 e. The number of carbonyl (C=O) groups excluding carboxylic acids is 2. The van der Waals surface area contributed by atoms with Gasteiger partial charge in [0.1, 0.15) is 0 Å². The van der Waals surface area contributed by atoms with Gasteiger partial charge in [0, 0.05) is 26.1 Å². The summed E-state index contributed by atoms with van der Waals surface area (Å²) < 4.78 is 5.00. The second-order valence-electron chi connectivity index (χ2n) is 6.16. The van der Waals surface area contributed by atoms with Crippen LogP contribution in [0.25, 0.3) is 0 Å². The van der Waals surface area contributed by atoms with Gasteiger partial charge >= 0.3 is 18.0 Å². The molecule has 2 N–H and O–H groups in total. The number of carbonyl (C=O) groups is 3. The Morgan fingerprint density at radius 2 is 2.00 bits per heavy atom. The molecule has 22 heavy (non-hydrogen) atoms. The highest BCUT2D eigenvalue weighted by Crippen LogP contribution is 2.21. The van der Waals surface area contributed by atoms with Gasteiger partial charge in [-0.15, -0.1) is 0 Å². The first-order valence-corrected chi connectivity index (χ1v) is 7.74. The summed E-state index contributed by atoms with van der Waals surface area (Å²) >= 11 is 0. The Morgan fingerprint density at radius 1 is 1.32 bits per heavy atom. The smallest absolute Gasteiger partial charge is 0.317 e. The first kappa shape index (κ1) is 18.3. The zero-order chi connectivity index (χ0) is 16.7. The van der Waals surface area contributed by atoms with Gasteiger partial charge in [-0.25, -0.2) is 4.79 Å². The number of hydrogen-bond acceptors (Lipinski definition) is 4. The Bertz CT molecular complexity index is 411. The number of piperidine rings is 1. The number of aliphatic carboxylic acids is 1. The standard InChI is InChI=1S/C15H26N2O5/c1-10(2)22-13(18)5-4-6-16-15(21)17-8-11(3)7-12(9-17)14(19)20/h10-12H,4-9H2,1-3H3,(H,16,21)(H,19,20). The second-order valence-corrected chi connectivity index (χ2v) is 6.16. The van der Waals surface area contributed by atoms with Gasteiger partial charge in [-0.05, 0) is 32.6 Å². The third-order valence-corrected chi connectivity index (χ3v) is 3.50. The van der Waals surface area contributed by atoms with Crippen LogP contribution in [0, 0.1) is 11.8 Å². The zero-order valence-corrected chi connectivity index (χ0v) is 13.5. The fourth-order valence-electron chi connectivity index (χ4n) is 2.56. The Hall–Kier alpha value is -1.79. The van der Waals surface area contributed by atoms with Crippen molar-refractivity contribution in [1.82, 2.24) is 10.2 Å². The molecule has 0 aliphatic carbocycles. The lowest BCUT2D eigenvalue weighted by Crippen LogP contribution is -2.49. The van der Waals surface area contributed by atoms with Gasteiger partial charge in [0.2, 0.25) is 0 Å². The molecule has 0 bridgehead atoms. The molecule has 2 atom stereocenters. The van der Waals surface area contributed by atoms with E-state index in [0.717, 1.165) is 0 Å².